The Balaban J connectivity index is 1.23. The van der Waals surface area contributed by atoms with Gasteiger partial charge in [0.2, 0.25) is 0 Å². The van der Waals surface area contributed by atoms with E-state index in [9.17, 15) is 0 Å². The zero-order valence-electron chi connectivity index (χ0n) is 19.6. The number of fused-ring (bicyclic) bond motifs is 2. The van der Waals surface area contributed by atoms with Crippen LogP contribution in [0.5, 0.6) is 5.75 Å². The molecule has 1 aromatic rings. The van der Waals surface area contributed by atoms with Gasteiger partial charge >= 0.3 is 0 Å². The molecule has 4 heteroatoms. The summed E-state index contributed by atoms with van der Waals surface area (Å²) in [4.78, 5) is 12.3. The van der Waals surface area contributed by atoms with Crippen LogP contribution in [0, 0.1) is 23.7 Å². The molecule has 5 atom stereocenters. The highest BCUT2D eigenvalue weighted by atomic mass is 17.2. The van der Waals surface area contributed by atoms with E-state index in [2.05, 4.69) is 38.1 Å². The van der Waals surface area contributed by atoms with Crippen LogP contribution in [0.2, 0.25) is 0 Å². The van der Waals surface area contributed by atoms with Crippen LogP contribution in [0.4, 0.5) is 0 Å². The van der Waals surface area contributed by atoms with Gasteiger partial charge < -0.3 is 10.5 Å². The Labute approximate surface area is 189 Å². The second-order valence-corrected chi connectivity index (χ2v) is 10.5. The molecular weight excluding hydrogens is 386 g/mol. The fourth-order valence-corrected chi connectivity index (χ4v) is 6.51. The van der Waals surface area contributed by atoms with E-state index in [1.807, 2.05) is 0 Å². The van der Waals surface area contributed by atoms with Gasteiger partial charge in [0.05, 0.1) is 18.8 Å². The van der Waals surface area contributed by atoms with E-state index < -0.39 is 0 Å². The standard InChI is InChI=1S/C27H43NO3/c1-3-21-17-20-15-19(2)16-24(18-20)27(21)31-30-26-11-7-23(8-12-26)22-5-9-25(10-6-22)29-14-4-13-28/h5-6,9-10,19-21,23-24,26-27H,3-4,7-8,11-18,28H2,1-2H3. The maximum Gasteiger partial charge on any atom is 0.119 e. The maximum absolute atomic E-state index is 6.24. The average Bonchev–Trinajstić information content (AvgIpc) is 2.79. The van der Waals surface area contributed by atoms with Crippen molar-refractivity contribution in [3.8, 4) is 5.75 Å². The highest BCUT2D eigenvalue weighted by molar-refractivity contribution is 5.29. The van der Waals surface area contributed by atoms with Crippen LogP contribution in [0.1, 0.15) is 89.5 Å². The summed E-state index contributed by atoms with van der Waals surface area (Å²) in [5, 5.41) is 0. The molecule has 0 radical (unpaired) electrons. The number of benzene rings is 1. The molecule has 1 aromatic carbocycles. The molecule has 3 saturated carbocycles. The Hall–Kier alpha value is -1.10. The van der Waals surface area contributed by atoms with E-state index in [4.69, 9.17) is 20.2 Å². The first-order chi connectivity index (χ1) is 15.2. The van der Waals surface area contributed by atoms with Crippen molar-refractivity contribution in [2.45, 2.75) is 96.2 Å². The second-order valence-electron chi connectivity index (χ2n) is 10.5. The Morgan fingerprint density at radius 2 is 1.71 bits per heavy atom. The first-order valence-corrected chi connectivity index (χ1v) is 12.9. The molecule has 31 heavy (non-hydrogen) atoms. The number of ether oxygens (including phenoxy) is 1. The highest BCUT2D eigenvalue weighted by Crippen LogP contribution is 2.47. The van der Waals surface area contributed by atoms with Gasteiger partial charge in [0.25, 0.3) is 0 Å². The maximum atomic E-state index is 6.24. The van der Waals surface area contributed by atoms with Crippen LogP contribution >= 0.6 is 0 Å². The first-order valence-electron chi connectivity index (χ1n) is 12.9. The van der Waals surface area contributed by atoms with Crippen molar-refractivity contribution in [2.75, 3.05) is 13.2 Å². The molecular formula is C27H43NO3. The second kappa shape index (κ2) is 11.2. The van der Waals surface area contributed by atoms with Gasteiger partial charge in [-0.05, 0) is 112 Å². The van der Waals surface area contributed by atoms with E-state index in [1.165, 1.54) is 50.5 Å². The summed E-state index contributed by atoms with van der Waals surface area (Å²) < 4.78 is 5.73. The Morgan fingerprint density at radius 3 is 2.42 bits per heavy atom. The van der Waals surface area contributed by atoms with Gasteiger partial charge in [-0.25, -0.2) is 9.78 Å². The molecule has 0 aromatic heterocycles. The van der Waals surface area contributed by atoms with Gasteiger partial charge in [-0.1, -0.05) is 32.4 Å². The highest BCUT2D eigenvalue weighted by Gasteiger charge is 2.42. The number of nitrogens with two attached hydrogens (primary N) is 1. The van der Waals surface area contributed by atoms with Gasteiger partial charge in [0.1, 0.15) is 5.75 Å². The average molecular weight is 430 g/mol. The SMILES string of the molecule is CCC1CC2CC(C)CC(C2)C1OOC1CCC(c2ccc(OCCCN)cc2)CC1. The minimum atomic E-state index is 0.256. The summed E-state index contributed by atoms with van der Waals surface area (Å²) in [5.41, 5.74) is 6.95. The van der Waals surface area contributed by atoms with Crippen molar-refractivity contribution >= 4 is 0 Å². The topological polar surface area (TPSA) is 53.7 Å². The van der Waals surface area contributed by atoms with Gasteiger partial charge in [0, 0.05) is 0 Å². The zero-order valence-corrected chi connectivity index (χ0v) is 19.6. The van der Waals surface area contributed by atoms with Gasteiger partial charge in [-0.2, -0.15) is 0 Å². The van der Waals surface area contributed by atoms with Gasteiger partial charge in [0.15, 0.2) is 0 Å². The summed E-state index contributed by atoms with van der Waals surface area (Å²) in [6.45, 7) is 6.11. The van der Waals surface area contributed by atoms with Crippen molar-refractivity contribution in [1.82, 2.24) is 0 Å². The molecule has 3 aliphatic rings. The molecule has 3 fully saturated rings. The van der Waals surface area contributed by atoms with E-state index in [1.54, 1.807) is 0 Å². The monoisotopic (exact) mass is 429 g/mol. The Morgan fingerprint density at radius 1 is 0.935 bits per heavy atom. The lowest BCUT2D eigenvalue weighted by Crippen LogP contribution is -2.43. The van der Waals surface area contributed by atoms with Crippen LogP contribution in [0.25, 0.3) is 0 Å². The molecule has 2 bridgehead atoms. The molecule has 0 heterocycles. The molecule has 5 unspecified atom stereocenters. The van der Waals surface area contributed by atoms with Crippen molar-refractivity contribution < 1.29 is 14.5 Å². The lowest BCUT2D eigenvalue weighted by atomic mass is 9.63. The zero-order chi connectivity index (χ0) is 21.6. The third-order valence-corrected chi connectivity index (χ3v) is 8.11. The predicted molar refractivity (Wildman–Crippen MR) is 125 cm³/mol. The summed E-state index contributed by atoms with van der Waals surface area (Å²) in [6, 6.07) is 8.66. The largest absolute Gasteiger partial charge is 0.494 e. The Bertz CT molecular complexity index is 653. The molecule has 4 rings (SSSR count). The lowest BCUT2D eigenvalue weighted by Gasteiger charge is -2.46. The lowest BCUT2D eigenvalue weighted by molar-refractivity contribution is -0.378. The number of hydrogen-bond donors (Lipinski definition) is 1. The summed E-state index contributed by atoms with van der Waals surface area (Å²) >= 11 is 0. The molecule has 0 spiro atoms. The normalized spacial score (nSPS) is 35.6. The first kappa shape index (κ1) is 23.1. The molecule has 0 saturated heterocycles. The van der Waals surface area contributed by atoms with E-state index >= 15 is 0 Å². The molecule has 0 aliphatic heterocycles. The van der Waals surface area contributed by atoms with Gasteiger partial charge in [-0.3, -0.25) is 0 Å². The predicted octanol–water partition coefficient (Wildman–Crippen LogP) is 6.24. The van der Waals surface area contributed by atoms with E-state index in [0.29, 0.717) is 37.0 Å². The van der Waals surface area contributed by atoms with Crippen LogP contribution < -0.4 is 10.5 Å². The van der Waals surface area contributed by atoms with Gasteiger partial charge in [-0.15, -0.1) is 0 Å². The summed E-state index contributed by atoms with van der Waals surface area (Å²) in [7, 11) is 0. The minimum absolute atomic E-state index is 0.256. The van der Waals surface area contributed by atoms with Crippen molar-refractivity contribution in [3.63, 3.8) is 0 Å². The van der Waals surface area contributed by atoms with Crippen LogP contribution in [-0.4, -0.2) is 25.4 Å². The fourth-order valence-electron chi connectivity index (χ4n) is 6.51. The number of hydrogen-bond acceptors (Lipinski definition) is 4. The minimum Gasteiger partial charge on any atom is -0.494 e. The molecule has 174 valence electrons. The summed E-state index contributed by atoms with van der Waals surface area (Å²) in [6.07, 6.45) is 12.6. The van der Waals surface area contributed by atoms with E-state index in [0.717, 1.165) is 36.8 Å². The fraction of sp³-hybridized carbons (Fsp3) is 0.778. The molecule has 3 aliphatic carbocycles. The Kier molecular flexibility index (Phi) is 8.30. The van der Waals surface area contributed by atoms with Crippen molar-refractivity contribution in [3.05, 3.63) is 29.8 Å². The smallest absolute Gasteiger partial charge is 0.119 e. The molecule has 4 nitrogen and oxygen atoms in total. The van der Waals surface area contributed by atoms with E-state index in [-0.39, 0.29) is 6.10 Å². The molecule has 0 amide bonds. The number of rotatable bonds is 9. The third-order valence-electron chi connectivity index (χ3n) is 8.11. The van der Waals surface area contributed by atoms with Crippen LogP contribution in [-0.2, 0) is 9.78 Å². The summed E-state index contributed by atoms with van der Waals surface area (Å²) in [5.74, 6) is 4.72. The third kappa shape index (κ3) is 6.03. The molecule has 2 N–H and O–H groups in total. The quantitative estimate of drug-likeness (QED) is 0.287. The van der Waals surface area contributed by atoms with Crippen LogP contribution in [0.3, 0.4) is 0 Å². The van der Waals surface area contributed by atoms with Crippen molar-refractivity contribution in [2.24, 2.45) is 29.4 Å². The van der Waals surface area contributed by atoms with Crippen molar-refractivity contribution in [1.29, 1.82) is 0 Å². The van der Waals surface area contributed by atoms with Crippen LogP contribution in [0.15, 0.2) is 24.3 Å².